The summed E-state index contributed by atoms with van der Waals surface area (Å²) in [5.74, 6) is 2.03. The summed E-state index contributed by atoms with van der Waals surface area (Å²) >= 11 is 0. The highest BCUT2D eigenvalue weighted by Crippen LogP contribution is 2.41. The van der Waals surface area contributed by atoms with Crippen LogP contribution in [0.3, 0.4) is 0 Å². The average Bonchev–Trinajstić information content (AvgIpc) is 3.67. The number of benzene rings is 1. The van der Waals surface area contributed by atoms with Gasteiger partial charge in [-0.25, -0.2) is 9.67 Å². The number of amides is 1. The third-order valence-corrected chi connectivity index (χ3v) is 8.23. The maximum absolute atomic E-state index is 13.4. The summed E-state index contributed by atoms with van der Waals surface area (Å²) in [6, 6.07) is 12.4. The van der Waals surface area contributed by atoms with Crippen molar-refractivity contribution in [2.75, 3.05) is 17.3 Å². The number of para-hydroxylation sites is 1. The molecular formula is C33H34F3N7O. The van der Waals surface area contributed by atoms with Gasteiger partial charge in [-0.05, 0) is 61.1 Å². The summed E-state index contributed by atoms with van der Waals surface area (Å²) in [5, 5.41) is 8.57. The lowest BCUT2D eigenvalue weighted by Crippen LogP contribution is -2.45. The van der Waals surface area contributed by atoms with Gasteiger partial charge in [0.05, 0.1) is 36.3 Å². The van der Waals surface area contributed by atoms with Crippen molar-refractivity contribution >= 4 is 34.8 Å². The second-order valence-corrected chi connectivity index (χ2v) is 11.3. The standard InChI is InChI=1S/C33H34F3N7O/c1-4-9-22(26-17-16-23(19-37-26)33(34,35)36)15-14-21(2)20-42-30(38-24-10-6-5-7-11-24)25-18-29(44)41(3)32-39-27-12-8-13-28(27)43(32)31(25)40-42/h5-7,9-11,14-17,19,27-28,38H,2,4,8,12-13,18,20H2,1,3H3. The summed E-state index contributed by atoms with van der Waals surface area (Å²) < 4.78 is 41.0. The number of nitrogens with zero attached hydrogens (tertiary/aromatic N) is 6. The zero-order valence-corrected chi connectivity index (χ0v) is 24.7. The zero-order chi connectivity index (χ0) is 31.0. The number of allylic oxidation sites excluding steroid dienone is 5. The van der Waals surface area contributed by atoms with E-state index in [4.69, 9.17) is 10.1 Å². The second-order valence-electron chi connectivity index (χ2n) is 11.3. The molecule has 2 unspecified atom stereocenters. The van der Waals surface area contributed by atoms with Gasteiger partial charge < -0.3 is 5.32 Å². The van der Waals surface area contributed by atoms with Gasteiger partial charge >= 0.3 is 6.18 Å². The van der Waals surface area contributed by atoms with Crippen LogP contribution >= 0.6 is 0 Å². The number of halogens is 3. The van der Waals surface area contributed by atoms with Gasteiger partial charge in [-0.2, -0.15) is 18.3 Å². The Labute approximate surface area is 254 Å². The van der Waals surface area contributed by atoms with E-state index >= 15 is 0 Å². The van der Waals surface area contributed by atoms with E-state index in [0.717, 1.165) is 48.6 Å². The maximum Gasteiger partial charge on any atom is 0.417 e. The molecule has 228 valence electrons. The zero-order valence-electron chi connectivity index (χ0n) is 24.7. The predicted octanol–water partition coefficient (Wildman–Crippen LogP) is 6.76. The molecule has 1 N–H and O–H groups in total. The third-order valence-electron chi connectivity index (χ3n) is 8.23. The van der Waals surface area contributed by atoms with Crippen LogP contribution in [0.1, 0.15) is 49.4 Å². The van der Waals surface area contributed by atoms with Crippen LogP contribution in [0.4, 0.5) is 30.5 Å². The van der Waals surface area contributed by atoms with Crippen LogP contribution in [0.25, 0.3) is 5.57 Å². The molecule has 1 amide bonds. The van der Waals surface area contributed by atoms with Crippen molar-refractivity contribution in [2.24, 2.45) is 4.99 Å². The fraction of sp³-hybridized carbons (Fsp3) is 0.333. The first-order valence-corrected chi connectivity index (χ1v) is 14.8. The summed E-state index contributed by atoms with van der Waals surface area (Å²) in [6.45, 7) is 6.53. The van der Waals surface area contributed by atoms with Crippen molar-refractivity contribution in [3.63, 3.8) is 0 Å². The fourth-order valence-electron chi connectivity index (χ4n) is 6.03. The molecule has 3 aliphatic rings. The smallest absolute Gasteiger partial charge is 0.340 e. The van der Waals surface area contributed by atoms with Gasteiger partial charge in [0.2, 0.25) is 11.9 Å². The minimum Gasteiger partial charge on any atom is -0.340 e. The molecule has 1 aromatic carbocycles. The van der Waals surface area contributed by atoms with Gasteiger partial charge in [-0.15, -0.1) is 0 Å². The number of hydrogen-bond acceptors (Lipinski definition) is 6. The van der Waals surface area contributed by atoms with Crippen molar-refractivity contribution in [3.05, 3.63) is 95.9 Å². The summed E-state index contributed by atoms with van der Waals surface area (Å²) in [7, 11) is 1.78. The third kappa shape index (κ3) is 5.66. The Morgan fingerprint density at radius 2 is 1.93 bits per heavy atom. The predicted molar refractivity (Wildman–Crippen MR) is 166 cm³/mol. The number of anilines is 3. The molecule has 44 heavy (non-hydrogen) atoms. The lowest BCUT2D eigenvalue weighted by atomic mass is 10.1. The van der Waals surface area contributed by atoms with E-state index in [2.05, 4.69) is 21.8 Å². The van der Waals surface area contributed by atoms with Crippen molar-refractivity contribution in [2.45, 2.75) is 63.8 Å². The second kappa shape index (κ2) is 11.8. The van der Waals surface area contributed by atoms with E-state index in [0.29, 0.717) is 41.6 Å². The highest BCUT2D eigenvalue weighted by Gasteiger charge is 2.46. The van der Waals surface area contributed by atoms with Crippen LogP contribution in [0.2, 0.25) is 0 Å². The number of pyridine rings is 1. The Morgan fingerprint density at radius 3 is 2.64 bits per heavy atom. The number of guanidine groups is 1. The van der Waals surface area contributed by atoms with Crippen molar-refractivity contribution in [3.8, 4) is 0 Å². The van der Waals surface area contributed by atoms with E-state index in [9.17, 15) is 18.0 Å². The number of nitrogens with one attached hydrogen (secondary N) is 1. The fourth-order valence-corrected chi connectivity index (χ4v) is 6.03. The Morgan fingerprint density at radius 1 is 1.14 bits per heavy atom. The molecule has 0 spiro atoms. The first kappa shape index (κ1) is 29.4. The molecule has 2 aliphatic heterocycles. The van der Waals surface area contributed by atoms with Crippen LogP contribution < -0.4 is 10.2 Å². The average molecular weight is 602 g/mol. The number of aromatic nitrogens is 3. The minimum atomic E-state index is -4.45. The highest BCUT2D eigenvalue weighted by atomic mass is 19.4. The number of hydrogen-bond donors (Lipinski definition) is 1. The Kier molecular flexibility index (Phi) is 7.87. The topological polar surface area (TPSA) is 78.6 Å². The van der Waals surface area contributed by atoms with Crippen LogP contribution in [-0.4, -0.2) is 50.7 Å². The van der Waals surface area contributed by atoms with Crippen LogP contribution in [-0.2, 0) is 23.9 Å². The number of aliphatic imine (C=N–C) groups is 1. The molecule has 2 atom stereocenters. The van der Waals surface area contributed by atoms with E-state index < -0.39 is 11.7 Å². The molecule has 1 fully saturated rings. The van der Waals surface area contributed by atoms with Crippen LogP contribution in [0, 0.1) is 0 Å². The van der Waals surface area contributed by atoms with E-state index in [-0.39, 0.29) is 24.4 Å². The Hall–Kier alpha value is -4.67. The van der Waals surface area contributed by atoms with Gasteiger partial charge in [-0.1, -0.05) is 49.9 Å². The molecule has 0 radical (unpaired) electrons. The molecule has 4 heterocycles. The number of rotatable bonds is 8. The number of carbonyl (C=O) groups is 1. The molecule has 8 nitrogen and oxygen atoms in total. The summed E-state index contributed by atoms with van der Waals surface area (Å²) in [6.07, 6.45) is 5.84. The molecular weight excluding hydrogens is 567 g/mol. The van der Waals surface area contributed by atoms with Gasteiger partial charge in [0.1, 0.15) is 5.82 Å². The van der Waals surface area contributed by atoms with Gasteiger partial charge in [0, 0.05) is 24.5 Å². The maximum atomic E-state index is 13.4. The minimum absolute atomic E-state index is 0.0553. The van der Waals surface area contributed by atoms with Crippen LogP contribution in [0.5, 0.6) is 0 Å². The van der Waals surface area contributed by atoms with E-state index in [1.807, 2.05) is 60.2 Å². The van der Waals surface area contributed by atoms with Crippen molar-refractivity contribution < 1.29 is 18.0 Å². The van der Waals surface area contributed by atoms with E-state index in [1.54, 1.807) is 11.9 Å². The number of alkyl halides is 3. The van der Waals surface area contributed by atoms with Gasteiger partial charge in [0.25, 0.3) is 0 Å². The molecule has 1 saturated carbocycles. The lowest BCUT2D eigenvalue weighted by molar-refractivity contribution is -0.137. The Bertz CT molecular complexity index is 1650. The lowest BCUT2D eigenvalue weighted by Gasteiger charge is -2.27. The van der Waals surface area contributed by atoms with Gasteiger partial charge in [0.15, 0.2) is 5.82 Å². The first-order chi connectivity index (χ1) is 21.1. The monoisotopic (exact) mass is 601 g/mol. The molecule has 0 saturated heterocycles. The number of likely N-dealkylation sites (N-methyl/N-ethyl adjacent to an activating group) is 1. The van der Waals surface area contributed by atoms with Crippen molar-refractivity contribution in [1.29, 1.82) is 0 Å². The molecule has 1 aliphatic carbocycles. The first-order valence-electron chi connectivity index (χ1n) is 14.8. The quantitative estimate of drug-likeness (QED) is 0.289. The number of carbonyl (C=O) groups excluding carboxylic acids is 1. The largest absolute Gasteiger partial charge is 0.417 e. The van der Waals surface area contributed by atoms with Crippen molar-refractivity contribution in [1.82, 2.24) is 19.7 Å². The molecule has 11 heteroatoms. The SMILES string of the molecule is C=C(C=CC(=CCC)c1ccc(C(F)(F)F)cn1)Cn1nc2c(c1Nc1ccccc1)CC(=O)N(C)C1=NC3CCCC3N12. The molecule has 0 bridgehead atoms. The molecule has 2 aromatic heterocycles. The highest BCUT2D eigenvalue weighted by molar-refractivity contribution is 6.10. The normalized spacial score (nSPS) is 20.0. The Balaban J connectivity index is 1.33. The van der Waals surface area contributed by atoms with E-state index in [1.165, 1.54) is 6.07 Å². The van der Waals surface area contributed by atoms with Gasteiger partial charge in [-0.3, -0.25) is 19.6 Å². The number of fused-ring (bicyclic) bond motifs is 5. The van der Waals surface area contributed by atoms with Crippen LogP contribution in [0.15, 0.2) is 84.0 Å². The summed E-state index contributed by atoms with van der Waals surface area (Å²) in [4.78, 5) is 26.2. The molecule has 6 rings (SSSR count). The summed E-state index contributed by atoms with van der Waals surface area (Å²) in [5.41, 5.74) is 2.72. The molecule has 3 aromatic rings.